The minimum Gasteiger partial charge on any atom is -0.324 e. The second-order valence-corrected chi connectivity index (χ2v) is 9.11. The fourth-order valence-electron chi connectivity index (χ4n) is 3.66. The Hall–Kier alpha value is -2.76. The Balaban J connectivity index is 1.58. The van der Waals surface area contributed by atoms with E-state index in [4.69, 9.17) is 11.6 Å². The Morgan fingerprint density at radius 2 is 1.84 bits per heavy atom. The Kier molecular flexibility index (Phi) is 6.35. The van der Waals surface area contributed by atoms with E-state index >= 15 is 0 Å². The number of hydrogen-bond donors (Lipinski definition) is 1. The van der Waals surface area contributed by atoms with Gasteiger partial charge in [0.15, 0.2) is 0 Å². The van der Waals surface area contributed by atoms with E-state index < -0.39 is 5.38 Å². The minimum absolute atomic E-state index is 0.0861. The van der Waals surface area contributed by atoms with Gasteiger partial charge in [-0.15, -0.1) is 23.4 Å². The summed E-state index contributed by atoms with van der Waals surface area (Å²) in [4.78, 5) is 27.3. The molecule has 2 unspecified atom stereocenters. The third-order valence-electron chi connectivity index (χ3n) is 5.25. The topological polar surface area (TPSA) is 49.4 Å². The lowest BCUT2D eigenvalue weighted by molar-refractivity contribution is -0.116. The standard InChI is InChI=1S/C25H23ClN2O2S/c1-16-11-12-17(2)21(13-16)28-22(29)15-31-25(28)19-9-6-10-20(14-19)27-24(30)23(26)18-7-4-3-5-8-18/h3-14,23,25H,15H2,1-2H3,(H,27,30). The lowest BCUT2D eigenvalue weighted by Crippen LogP contribution is -2.28. The largest absolute Gasteiger partial charge is 0.324 e. The maximum atomic E-state index is 12.7. The Morgan fingerprint density at radius 1 is 1.06 bits per heavy atom. The van der Waals surface area contributed by atoms with Crippen molar-refractivity contribution in [1.82, 2.24) is 0 Å². The lowest BCUT2D eigenvalue weighted by atomic mass is 10.1. The van der Waals surface area contributed by atoms with Crippen molar-refractivity contribution in [3.63, 3.8) is 0 Å². The van der Waals surface area contributed by atoms with Crippen LogP contribution in [-0.4, -0.2) is 17.6 Å². The van der Waals surface area contributed by atoms with Crippen molar-refractivity contribution in [2.75, 3.05) is 16.0 Å². The quantitative estimate of drug-likeness (QED) is 0.485. The molecule has 0 radical (unpaired) electrons. The molecule has 4 rings (SSSR count). The van der Waals surface area contributed by atoms with Crippen LogP contribution >= 0.6 is 23.4 Å². The van der Waals surface area contributed by atoms with Crippen molar-refractivity contribution in [2.24, 2.45) is 0 Å². The van der Waals surface area contributed by atoms with E-state index in [2.05, 4.69) is 11.4 Å². The number of hydrogen-bond acceptors (Lipinski definition) is 3. The molecule has 2 atom stereocenters. The molecule has 0 saturated carbocycles. The Bertz CT molecular complexity index is 1120. The summed E-state index contributed by atoms with van der Waals surface area (Å²) in [6.45, 7) is 4.04. The van der Waals surface area contributed by atoms with Crippen LogP contribution in [-0.2, 0) is 9.59 Å². The second-order valence-electron chi connectivity index (χ2n) is 7.60. The zero-order valence-corrected chi connectivity index (χ0v) is 18.9. The number of thioether (sulfide) groups is 1. The maximum absolute atomic E-state index is 12.7. The number of carbonyl (C=O) groups is 2. The van der Waals surface area contributed by atoms with Gasteiger partial charge in [0.25, 0.3) is 0 Å². The van der Waals surface area contributed by atoms with Crippen LogP contribution in [0.3, 0.4) is 0 Å². The fraction of sp³-hybridized carbons (Fsp3) is 0.200. The molecule has 0 aromatic heterocycles. The molecule has 1 aliphatic heterocycles. The molecule has 31 heavy (non-hydrogen) atoms. The van der Waals surface area contributed by atoms with Crippen molar-refractivity contribution < 1.29 is 9.59 Å². The first-order chi connectivity index (χ1) is 14.9. The third-order valence-corrected chi connectivity index (χ3v) is 6.92. The minimum atomic E-state index is -0.779. The molecule has 3 aromatic carbocycles. The molecule has 0 aliphatic carbocycles. The first kappa shape index (κ1) is 21.5. The zero-order valence-electron chi connectivity index (χ0n) is 17.3. The number of carbonyl (C=O) groups excluding carboxylic acids is 2. The summed E-state index contributed by atoms with van der Waals surface area (Å²) in [6.07, 6.45) is 0. The summed E-state index contributed by atoms with van der Waals surface area (Å²) >= 11 is 7.95. The summed E-state index contributed by atoms with van der Waals surface area (Å²) in [5, 5.41) is 1.98. The number of rotatable bonds is 5. The van der Waals surface area contributed by atoms with Crippen molar-refractivity contribution >= 4 is 46.6 Å². The van der Waals surface area contributed by atoms with E-state index in [1.54, 1.807) is 11.8 Å². The number of aryl methyl sites for hydroxylation is 2. The molecule has 3 aromatic rings. The van der Waals surface area contributed by atoms with Crippen molar-refractivity contribution in [1.29, 1.82) is 0 Å². The van der Waals surface area contributed by atoms with Crippen molar-refractivity contribution in [3.8, 4) is 0 Å². The van der Waals surface area contributed by atoms with Gasteiger partial charge in [-0.05, 0) is 54.3 Å². The molecule has 4 nitrogen and oxygen atoms in total. The monoisotopic (exact) mass is 450 g/mol. The summed E-state index contributed by atoms with van der Waals surface area (Å²) in [5.74, 6) is 0.224. The van der Waals surface area contributed by atoms with Gasteiger partial charge in [-0.25, -0.2) is 0 Å². The summed E-state index contributed by atoms with van der Waals surface area (Å²) < 4.78 is 0. The van der Waals surface area contributed by atoms with Gasteiger partial charge in [0, 0.05) is 11.4 Å². The van der Waals surface area contributed by atoms with Gasteiger partial charge in [-0.3, -0.25) is 14.5 Å². The molecule has 6 heteroatoms. The first-order valence-corrected chi connectivity index (χ1v) is 11.5. The highest BCUT2D eigenvalue weighted by molar-refractivity contribution is 8.00. The van der Waals surface area contributed by atoms with Gasteiger partial charge in [0.2, 0.25) is 11.8 Å². The van der Waals surface area contributed by atoms with Gasteiger partial charge in [-0.1, -0.05) is 54.6 Å². The number of anilines is 2. The molecule has 0 spiro atoms. The molecule has 1 aliphatic rings. The normalized spacial score (nSPS) is 16.9. The van der Waals surface area contributed by atoms with Crippen LogP contribution in [0, 0.1) is 13.8 Å². The van der Waals surface area contributed by atoms with Gasteiger partial charge >= 0.3 is 0 Å². The average molecular weight is 451 g/mol. The van der Waals surface area contributed by atoms with E-state index in [9.17, 15) is 9.59 Å². The fourth-order valence-corrected chi connectivity index (χ4v) is 5.02. The summed E-state index contributed by atoms with van der Waals surface area (Å²) in [6, 6.07) is 23.0. The molecule has 158 valence electrons. The molecular weight excluding hydrogens is 428 g/mol. The molecule has 1 heterocycles. The van der Waals surface area contributed by atoms with E-state index in [0.717, 1.165) is 27.9 Å². The van der Waals surface area contributed by atoms with Crippen LogP contribution in [0.25, 0.3) is 0 Å². The Labute approximate surface area is 191 Å². The summed E-state index contributed by atoms with van der Waals surface area (Å²) in [7, 11) is 0. The highest BCUT2D eigenvalue weighted by Gasteiger charge is 2.35. The number of halogens is 1. The first-order valence-electron chi connectivity index (χ1n) is 10.0. The lowest BCUT2D eigenvalue weighted by Gasteiger charge is -2.26. The SMILES string of the molecule is Cc1ccc(C)c(N2C(=O)CSC2c2cccc(NC(=O)C(Cl)c3ccccc3)c2)c1. The number of nitrogens with zero attached hydrogens (tertiary/aromatic N) is 1. The van der Waals surface area contributed by atoms with E-state index in [0.29, 0.717) is 11.4 Å². The van der Waals surface area contributed by atoms with Gasteiger partial charge < -0.3 is 5.32 Å². The molecule has 1 N–H and O–H groups in total. The number of nitrogens with one attached hydrogen (secondary N) is 1. The van der Waals surface area contributed by atoms with Crippen LogP contribution < -0.4 is 10.2 Å². The van der Waals surface area contributed by atoms with E-state index in [1.165, 1.54) is 0 Å². The van der Waals surface area contributed by atoms with Gasteiger partial charge in [0.1, 0.15) is 10.8 Å². The van der Waals surface area contributed by atoms with Crippen LogP contribution in [0.1, 0.15) is 33.0 Å². The third kappa shape index (κ3) is 4.63. The molecule has 2 amide bonds. The van der Waals surface area contributed by atoms with Crippen LogP contribution in [0.15, 0.2) is 72.8 Å². The van der Waals surface area contributed by atoms with Crippen molar-refractivity contribution in [2.45, 2.75) is 24.6 Å². The smallest absolute Gasteiger partial charge is 0.246 e. The molecule has 1 fully saturated rings. The number of amides is 2. The predicted molar refractivity (Wildman–Crippen MR) is 129 cm³/mol. The zero-order chi connectivity index (χ0) is 22.0. The maximum Gasteiger partial charge on any atom is 0.246 e. The van der Waals surface area contributed by atoms with Gasteiger partial charge in [0.05, 0.1) is 5.75 Å². The molecular formula is C25H23ClN2O2S. The van der Waals surface area contributed by atoms with E-state index in [-0.39, 0.29) is 17.2 Å². The van der Waals surface area contributed by atoms with Crippen LogP contribution in [0.2, 0.25) is 0 Å². The van der Waals surface area contributed by atoms with Crippen LogP contribution in [0.5, 0.6) is 0 Å². The molecule has 1 saturated heterocycles. The second kappa shape index (κ2) is 9.16. The Morgan fingerprint density at radius 3 is 2.61 bits per heavy atom. The molecule has 0 bridgehead atoms. The number of alkyl halides is 1. The average Bonchev–Trinajstić information content (AvgIpc) is 3.17. The summed E-state index contributed by atoms with van der Waals surface area (Å²) in [5.41, 5.74) is 5.46. The van der Waals surface area contributed by atoms with Crippen molar-refractivity contribution in [3.05, 3.63) is 95.1 Å². The van der Waals surface area contributed by atoms with Crippen LogP contribution in [0.4, 0.5) is 11.4 Å². The van der Waals surface area contributed by atoms with E-state index in [1.807, 2.05) is 85.5 Å². The number of benzene rings is 3. The highest BCUT2D eigenvalue weighted by Crippen LogP contribution is 2.43. The van der Waals surface area contributed by atoms with Gasteiger partial charge in [-0.2, -0.15) is 0 Å². The highest BCUT2D eigenvalue weighted by atomic mass is 35.5. The predicted octanol–water partition coefficient (Wildman–Crippen LogP) is 6.00.